The summed E-state index contributed by atoms with van der Waals surface area (Å²) in [5.41, 5.74) is 10.5. The molecule has 0 bridgehead atoms. The predicted molar refractivity (Wildman–Crippen MR) is 66.5 cm³/mol. The van der Waals surface area contributed by atoms with Gasteiger partial charge in [-0.3, -0.25) is 0 Å². The fraction of sp³-hybridized carbons (Fsp3) is 0.571. The topological polar surface area (TPSA) is 35.2 Å². The van der Waals surface area contributed by atoms with E-state index in [1.807, 2.05) is 0 Å². The molecule has 2 nitrogen and oxygen atoms in total. The van der Waals surface area contributed by atoms with Crippen LogP contribution in [-0.2, 0) is 17.6 Å². The number of ether oxygens (including phenoxy) is 1. The second-order valence-corrected chi connectivity index (χ2v) is 4.62. The molecule has 1 unspecified atom stereocenters. The molecule has 1 aliphatic carbocycles. The number of methoxy groups -OCH3 is 1. The third kappa shape index (κ3) is 2.63. The summed E-state index contributed by atoms with van der Waals surface area (Å²) in [6.45, 7) is 0.804. The Balaban J connectivity index is 1.98. The number of nitrogens with two attached hydrogens (primary N) is 1. The lowest BCUT2D eigenvalue weighted by molar-refractivity contribution is 0.190. The van der Waals surface area contributed by atoms with E-state index in [-0.39, 0.29) is 6.04 Å². The SMILES string of the molecule is COCCCC(N)c1ccc2c(c1)CCC2. The molecule has 0 heterocycles. The van der Waals surface area contributed by atoms with Crippen molar-refractivity contribution >= 4 is 0 Å². The van der Waals surface area contributed by atoms with Gasteiger partial charge in [0.15, 0.2) is 0 Å². The summed E-state index contributed by atoms with van der Waals surface area (Å²) in [7, 11) is 1.74. The van der Waals surface area contributed by atoms with E-state index in [1.54, 1.807) is 7.11 Å². The minimum Gasteiger partial charge on any atom is -0.385 e. The van der Waals surface area contributed by atoms with Gasteiger partial charge in [0.05, 0.1) is 0 Å². The highest BCUT2D eigenvalue weighted by molar-refractivity contribution is 5.36. The second kappa shape index (κ2) is 5.46. The molecule has 0 fully saturated rings. The van der Waals surface area contributed by atoms with Gasteiger partial charge in [-0.1, -0.05) is 18.2 Å². The highest BCUT2D eigenvalue weighted by atomic mass is 16.5. The van der Waals surface area contributed by atoms with Gasteiger partial charge in [0, 0.05) is 19.8 Å². The minimum absolute atomic E-state index is 0.168. The average molecular weight is 219 g/mol. The normalized spacial score (nSPS) is 16.1. The first-order valence-corrected chi connectivity index (χ1v) is 6.17. The lowest BCUT2D eigenvalue weighted by Crippen LogP contribution is -2.11. The zero-order valence-electron chi connectivity index (χ0n) is 10.0. The van der Waals surface area contributed by atoms with E-state index in [0.29, 0.717) is 0 Å². The van der Waals surface area contributed by atoms with Crippen molar-refractivity contribution < 1.29 is 4.74 Å². The van der Waals surface area contributed by atoms with E-state index >= 15 is 0 Å². The van der Waals surface area contributed by atoms with Crippen LogP contribution < -0.4 is 5.73 Å². The summed E-state index contributed by atoms with van der Waals surface area (Å²) >= 11 is 0. The molecule has 0 amide bonds. The van der Waals surface area contributed by atoms with Crippen molar-refractivity contribution in [1.29, 1.82) is 0 Å². The van der Waals surface area contributed by atoms with Gasteiger partial charge in [0.25, 0.3) is 0 Å². The zero-order chi connectivity index (χ0) is 11.4. The number of hydrogen-bond donors (Lipinski definition) is 1. The Morgan fingerprint density at radius 3 is 2.94 bits per heavy atom. The first-order valence-electron chi connectivity index (χ1n) is 6.17. The average Bonchev–Trinajstić information content (AvgIpc) is 2.76. The Labute approximate surface area is 97.8 Å². The van der Waals surface area contributed by atoms with E-state index in [9.17, 15) is 0 Å². The lowest BCUT2D eigenvalue weighted by atomic mass is 9.99. The third-order valence-electron chi connectivity index (χ3n) is 3.41. The molecule has 0 radical (unpaired) electrons. The van der Waals surface area contributed by atoms with Crippen LogP contribution in [-0.4, -0.2) is 13.7 Å². The molecule has 1 aliphatic rings. The molecular formula is C14H21NO. The van der Waals surface area contributed by atoms with Crippen molar-refractivity contribution in [1.82, 2.24) is 0 Å². The Morgan fingerprint density at radius 1 is 1.31 bits per heavy atom. The van der Waals surface area contributed by atoms with Crippen LogP contribution in [0.1, 0.15) is 42.0 Å². The van der Waals surface area contributed by atoms with Crippen molar-refractivity contribution in [2.45, 2.75) is 38.1 Å². The van der Waals surface area contributed by atoms with Gasteiger partial charge in [0.1, 0.15) is 0 Å². The quantitative estimate of drug-likeness (QED) is 0.773. The predicted octanol–water partition coefficient (Wildman–Crippen LogP) is 2.60. The van der Waals surface area contributed by atoms with Gasteiger partial charge in [-0.15, -0.1) is 0 Å². The Morgan fingerprint density at radius 2 is 2.12 bits per heavy atom. The summed E-state index contributed by atoms with van der Waals surface area (Å²) in [5.74, 6) is 0. The maximum absolute atomic E-state index is 6.17. The molecule has 0 aliphatic heterocycles. The maximum Gasteiger partial charge on any atom is 0.0462 e. The van der Waals surface area contributed by atoms with Crippen LogP contribution >= 0.6 is 0 Å². The number of benzene rings is 1. The van der Waals surface area contributed by atoms with Gasteiger partial charge in [-0.25, -0.2) is 0 Å². The Bertz CT molecular complexity index is 349. The van der Waals surface area contributed by atoms with Gasteiger partial charge >= 0.3 is 0 Å². The Kier molecular flexibility index (Phi) is 3.97. The van der Waals surface area contributed by atoms with Crippen molar-refractivity contribution in [3.63, 3.8) is 0 Å². The van der Waals surface area contributed by atoms with Crippen LogP contribution in [0, 0.1) is 0 Å². The fourth-order valence-electron chi connectivity index (χ4n) is 2.44. The molecule has 1 aromatic rings. The first kappa shape index (κ1) is 11.6. The smallest absolute Gasteiger partial charge is 0.0462 e. The van der Waals surface area contributed by atoms with Crippen LogP contribution in [0.15, 0.2) is 18.2 Å². The van der Waals surface area contributed by atoms with Crippen molar-refractivity contribution in [3.05, 3.63) is 34.9 Å². The second-order valence-electron chi connectivity index (χ2n) is 4.62. The summed E-state index contributed by atoms with van der Waals surface area (Å²) in [6, 6.07) is 6.93. The molecule has 0 saturated heterocycles. The Hall–Kier alpha value is -0.860. The molecule has 16 heavy (non-hydrogen) atoms. The van der Waals surface area contributed by atoms with Crippen LogP contribution in [0.2, 0.25) is 0 Å². The van der Waals surface area contributed by atoms with Gasteiger partial charge < -0.3 is 10.5 Å². The van der Waals surface area contributed by atoms with Gasteiger partial charge in [0.2, 0.25) is 0 Å². The minimum atomic E-state index is 0.168. The summed E-state index contributed by atoms with van der Waals surface area (Å²) in [6.07, 6.45) is 5.82. The number of fused-ring (bicyclic) bond motifs is 1. The highest BCUT2D eigenvalue weighted by Gasteiger charge is 2.13. The molecule has 2 N–H and O–H groups in total. The standard InChI is InChI=1S/C14H21NO/c1-16-9-3-6-14(15)13-8-7-11-4-2-5-12(11)10-13/h7-8,10,14H,2-6,9,15H2,1H3. The molecular weight excluding hydrogens is 198 g/mol. The summed E-state index contributed by atoms with van der Waals surface area (Å²) in [4.78, 5) is 0. The number of hydrogen-bond acceptors (Lipinski definition) is 2. The maximum atomic E-state index is 6.17. The first-order chi connectivity index (χ1) is 7.81. The van der Waals surface area contributed by atoms with Crippen LogP contribution in [0.25, 0.3) is 0 Å². The van der Waals surface area contributed by atoms with Crippen molar-refractivity contribution in [3.8, 4) is 0 Å². The van der Waals surface area contributed by atoms with E-state index in [0.717, 1.165) is 19.4 Å². The molecule has 2 rings (SSSR count). The molecule has 0 saturated carbocycles. The third-order valence-corrected chi connectivity index (χ3v) is 3.41. The lowest BCUT2D eigenvalue weighted by Gasteiger charge is -2.13. The summed E-state index contributed by atoms with van der Waals surface area (Å²) in [5, 5.41) is 0. The molecule has 1 aromatic carbocycles. The highest BCUT2D eigenvalue weighted by Crippen LogP contribution is 2.26. The molecule has 0 spiro atoms. The van der Waals surface area contributed by atoms with Gasteiger partial charge in [-0.2, -0.15) is 0 Å². The van der Waals surface area contributed by atoms with Crippen LogP contribution in [0.5, 0.6) is 0 Å². The fourth-order valence-corrected chi connectivity index (χ4v) is 2.44. The molecule has 0 aromatic heterocycles. The van der Waals surface area contributed by atoms with Gasteiger partial charge in [-0.05, 0) is 48.8 Å². The van der Waals surface area contributed by atoms with E-state index in [2.05, 4.69) is 18.2 Å². The zero-order valence-corrected chi connectivity index (χ0v) is 10.0. The van der Waals surface area contributed by atoms with E-state index < -0.39 is 0 Å². The van der Waals surface area contributed by atoms with E-state index in [4.69, 9.17) is 10.5 Å². The van der Waals surface area contributed by atoms with Crippen molar-refractivity contribution in [2.75, 3.05) is 13.7 Å². The molecule has 2 heteroatoms. The number of aryl methyl sites for hydroxylation is 2. The largest absolute Gasteiger partial charge is 0.385 e. The van der Waals surface area contributed by atoms with Crippen LogP contribution in [0.3, 0.4) is 0 Å². The monoisotopic (exact) mass is 219 g/mol. The molecule has 1 atom stereocenters. The van der Waals surface area contributed by atoms with Crippen molar-refractivity contribution in [2.24, 2.45) is 5.73 Å². The summed E-state index contributed by atoms with van der Waals surface area (Å²) < 4.78 is 5.05. The van der Waals surface area contributed by atoms with Crippen LogP contribution in [0.4, 0.5) is 0 Å². The van der Waals surface area contributed by atoms with E-state index in [1.165, 1.54) is 36.0 Å². The molecule has 88 valence electrons. The number of rotatable bonds is 5.